The summed E-state index contributed by atoms with van der Waals surface area (Å²) in [7, 11) is 0. The summed E-state index contributed by atoms with van der Waals surface area (Å²) in [6.45, 7) is 1.00. The zero-order valence-electron chi connectivity index (χ0n) is 8.41. The summed E-state index contributed by atoms with van der Waals surface area (Å²) in [4.78, 5) is 31.0. The quantitative estimate of drug-likeness (QED) is 0.286. The molecule has 0 rings (SSSR count). The minimum absolute atomic E-state index is 0.0109. The van der Waals surface area contributed by atoms with Crippen LogP contribution in [0, 0.1) is 0 Å². The number of primary amides is 1. The van der Waals surface area contributed by atoms with Gasteiger partial charge in [0.05, 0.1) is 6.54 Å². The van der Waals surface area contributed by atoms with E-state index in [0.717, 1.165) is 12.8 Å². The largest absolute Gasteiger partial charge is 0.355 e. The minimum Gasteiger partial charge on any atom is -0.355 e. The fourth-order valence-corrected chi connectivity index (χ4v) is 0.886. The van der Waals surface area contributed by atoms with E-state index in [1.54, 1.807) is 0 Å². The van der Waals surface area contributed by atoms with Gasteiger partial charge in [-0.1, -0.05) is 0 Å². The molecule has 0 aromatic carbocycles. The molecule has 0 aliphatic rings. The van der Waals surface area contributed by atoms with Gasteiger partial charge in [0.25, 0.3) is 0 Å². The first kappa shape index (κ1) is 13.2. The lowest BCUT2D eigenvalue weighted by Crippen LogP contribution is -2.34. The molecular formula is C8H16N4O3. The Hall–Kier alpha value is -1.79. The predicted octanol–water partition coefficient (Wildman–Crippen LogP) is -1.70. The van der Waals surface area contributed by atoms with Crippen LogP contribution in [-0.2, 0) is 9.59 Å². The average molecular weight is 216 g/mol. The second-order valence-corrected chi connectivity index (χ2v) is 2.85. The number of nitrogens with one attached hydrogen (secondary N) is 3. The van der Waals surface area contributed by atoms with Gasteiger partial charge in [-0.15, -0.1) is 0 Å². The molecule has 0 aliphatic carbocycles. The molecule has 7 nitrogen and oxygen atoms in total. The molecule has 0 unspecified atom stereocenters. The summed E-state index contributed by atoms with van der Waals surface area (Å²) in [5.41, 5.74) is 4.85. The Bertz CT molecular complexity index is 220. The van der Waals surface area contributed by atoms with Gasteiger partial charge >= 0.3 is 6.03 Å². The van der Waals surface area contributed by atoms with Gasteiger partial charge < -0.3 is 21.7 Å². The Labute approximate surface area is 87.8 Å². The van der Waals surface area contributed by atoms with Crippen molar-refractivity contribution in [3.63, 3.8) is 0 Å². The standard InChI is InChI=1S/C8H16N4O3/c9-8(15)12-4-2-1-3-11-7(14)5-10-6-13/h6H,1-5H2,(H,10,13)(H,11,14)(H3,9,12,15). The zero-order chi connectivity index (χ0) is 11.5. The number of amides is 4. The van der Waals surface area contributed by atoms with Crippen molar-refractivity contribution >= 4 is 18.3 Å². The Morgan fingerprint density at radius 1 is 1.13 bits per heavy atom. The average Bonchev–Trinajstić information content (AvgIpc) is 2.19. The van der Waals surface area contributed by atoms with Crippen LogP contribution >= 0.6 is 0 Å². The van der Waals surface area contributed by atoms with Crippen molar-refractivity contribution in [1.82, 2.24) is 16.0 Å². The molecule has 0 atom stereocenters. The fourth-order valence-electron chi connectivity index (χ4n) is 0.886. The number of hydrogen-bond acceptors (Lipinski definition) is 3. The van der Waals surface area contributed by atoms with Crippen molar-refractivity contribution in [3.05, 3.63) is 0 Å². The molecule has 4 amide bonds. The first-order chi connectivity index (χ1) is 7.16. The van der Waals surface area contributed by atoms with Gasteiger partial charge in [0.15, 0.2) is 0 Å². The highest BCUT2D eigenvalue weighted by Crippen LogP contribution is 1.83. The van der Waals surface area contributed by atoms with Crippen molar-refractivity contribution in [2.45, 2.75) is 12.8 Å². The third kappa shape index (κ3) is 10.1. The molecule has 0 fully saturated rings. The maximum Gasteiger partial charge on any atom is 0.312 e. The van der Waals surface area contributed by atoms with Crippen molar-refractivity contribution in [1.29, 1.82) is 0 Å². The maximum atomic E-state index is 10.9. The van der Waals surface area contributed by atoms with E-state index in [9.17, 15) is 14.4 Å². The Balaban J connectivity index is 3.19. The van der Waals surface area contributed by atoms with Crippen LogP contribution in [0.25, 0.3) is 0 Å². The van der Waals surface area contributed by atoms with E-state index in [-0.39, 0.29) is 12.5 Å². The van der Waals surface area contributed by atoms with Crippen LogP contribution in [0.5, 0.6) is 0 Å². The van der Waals surface area contributed by atoms with Crippen molar-refractivity contribution in [3.8, 4) is 0 Å². The van der Waals surface area contributed by atoms with Gasteiger partial charge in [-0.25, -0.2) is 4.79 Å². The third-order valence-electron chi connectivity index (χ3n) is 1.57. The molecule has 5 N–H and O–H groups in total. The SMILES string of the molecule is NC(=O)NCCCCNC(=O)CNC=O. The second-order valence-electron chi connectivity index (χ2n) is 2.85. The molecule has 0 aromatic rings. The van der Waals surface area contributed by atoms with E-state index in [1.165, 1.54) is 0 Å². The number of carbonyl (C=O) groups excluding carboxylic acids is 3. The summed E-state index contributed by atoms with van der Waals surface area (Å²) in [6, 6.07) is -0.547. The van der Waals surface area contributed by atoms with Crippen LogP contribution in [-0.4, -0.2) is 38.0 Å². The summed E-state index contributed by atoms with van der Waals surface area (Å²) < 4.78 is 0. The summed E-state index contributed by atoms with van der Waals surface area (Å²) in [5, 5.41) is 7.29. The van der Waals surface area contributed by atoms with Crippen LogP contribution in [0.1, 0.15) is 12.8 Å². The zero-order valence-corrected chi connectivity index (χ0v) is 8.41. The van der Waals surface area contributed by atoms with E-state index in [1.807, 2.05) is 0 Å². The van der Waals surface area contributed by atoms with Crippen LogP contribution in [0.4, 0.5) is 4.79 Å². The number of nitrogens with two attached hydrogens (primary N) is 1. The van der Waals surface area contributed by atoms with Gasteiger partial charge in [0.2, 0.25) is 12.3 Å². The topological polar surface area (TPSA) is 113 Å². The van der Waals surface area contributed by atoms with Gasteiger partial charge in [0.1, 0.15) is 0 Å². The monoisotopic (exact) mass is 216 g/mol. The number of hydrogen-bond donors (Lipinski definition) is 4. The van der Waals surface area contributed by atoms with Crippen LogP contribution in [0.3, 0.4) is 0 Å². The van der Waals surface area contributed by atoms with E-state index < -0.39 is 6.03 Å². The van der Waals surface area contributed by atoms with Gasteiger partial charge in [-0.05, 0) is 12.8 Å². The van der Waals surface area contributed by atoms with Crippen LogP contribution in [0.2, 0.25) is 0 Å². The molecule has 0 bridgehead atoms. The normalized spacial score (nSPS) is 9.07. The molecule has 15 heavy (non-hydrogen) atoms. The molecule has 0 aromatic heterocycles. The molecule has 0 radical (unpaired) electrons. The lowest BCUT2D eigenvalue weighted by Gasteiger charge is -2.04. The van der Waals surface area contributed by atoms with Crippen molar-refractivity contribution in [2.24, 2.45) is 5.73 Å². The Morgan fingerprint density at radius 2 is 1.73 bits per heavy atom. The summed E-state index contributed by atoms with van der Waals surface area (Å²) in [5.74, 6) is -0.232. The van der Waals surface area contributed by atoms with E-state index in [0.29, 0.717) is 19.5 Å². The number of carbonyl (C=O) groups is 3. The second kappa shape index (κ2) is 8.79. The molecule has 0 spiro atoms. The van der Waals surface area contributed by atoms with Gasteiger partial charge in [-0.2, -0.15) is 0 Å². The van der Waals surface area contributed by atoms with Crippen molar-refractivity contribution < 1.29 is 14.4 Å². The Kier molecular flexibility index (Phi) is 7.74. The number of urea groups is 1. The van der Waals surface area contributed by atoms with Crippen molar-refractivity contribution in [2.75, 3.05) is 19.6 Å². The fraction of sp³-hybridized carbons (Fsp3) is 0.625. The minimum atomic E-state index is -0.547. The molecule has 0 heterocycles. The molecule has 86 valence electrons. The lowest BCUT2D eigenvalue weighted by molar-refractivity contribution is -0.122. The predicted molar refractivity (Wildman–Crippen MR) is 53.9 cm³/mol. The van der Waals surface area contributed by atoms with E-state index in [2.05, 4.69) is 16.0 Å². The molecule has 0 aliphatic heterocycles. The van der Waals surface area contributed by atoms with Gasteiger partial charge in [-0.3, -0.25) is 9.59 Å². The van der Waals surface area contributed by atoms with Crippen LogP contribution < -0.4 is 21.7 Å². The molecular weight excluding hydrogens is 200 g/mol. The smallest absolute Gasteiger partial charge is 0.312 e. The summed E-state index contributed by atoms with van der Waals surface area (Å²) in [6.07, 6.45) is 1.95. The van der Waals surface area contributed by atoms with E-state index in [4.69, 9.17) is 5.73 Å². The maximum absolute atomic E-state index is 10.9. The van der Waals surface area contributed by atoms with E-state index >= 15 is 0 Å². The first-order valence-corrected chi connectivity index (χ1v) is 4.64. The third-order valence-corrected chi connectivity index (χ3v) is 1.57. The molecule has 0 saturated carbocycles. The highest BCUT2D eigenvalue weighted by atomic mass is 16.2. The molecule has 7 heteroatoms. The lowest BCUT2D eigenvalue weighted by atomic mass is 10.3. The molecule has 0 saturated heterocycles. The summed E-state index contributed by atoms with van der Waals surface area (Å²) >= 11 is 0. The van der Waals surface area contributed by atoms with Gasteiger partial charge in [0, 0.05) is 13.1 Å². The Morgan fingerprint density at radius 3 is 2.27 bits per heavy atom. The first-order valence-electron chi connectivity index (χ1n) is 4.64. The number of unbranched alkanes of at least 4 members (excludes halogenated alkanes) is 1. The van der Waals surface area contributed by atoms with Crippen LogP contribution in [0.15, 0.2) is 0 Å². The highest BCUT2D eigenvalue weighted by molar-refractivity contribution is 5.79. The number of rotatable bonds is 8. The highest BCUT2D eigenvalue weighted by Gasteiger charge is 1.98.